The van der Waals surface area contributed by atoms with Crippen LogP contribution in [0.25, 0.3) is 0 Å². The van der Waals surface area contributed by atoms with Gasteiger partial charge in [-0.25, -0.2) is 0 Å². The van der Waals surface area contributed by atoms with E-state index < -0.39 is 0 Å². The zero-order chi connectivity index (χ0) is 9.80. The lowest BCUT2D eigenvalue weighted by Gasteiger charge is -2.23. The van der Waals surface area contributed by atoms with Crippen LogP contribution in [-0.2, 0) is 0 Å². The minimum absolute atomic E-state index is 0.514. The summed E-state index contributed by atoms with van der Waals surface area (Å²) in [7, 11) is 0. The largest absolute Gasteiger partial charge is 0.302 e. The third kappa shape index (κ3) is 2.47. The average Bonchev–Trinajstić information content (AvgIpc) is 2.30. The van der Waals surface area contributed by atoms with Gasteiger partial charge in [-0.2, -0.15) is 0 Å². The topological polar surface area (TPSA) is 12.0 Å². The predicted octanol–water partition coefficient (Wildman–Crippen LogP) is 3.13. The van der Waals surface area contributed by atoms with Gasteiger partial charge in [0.1, 0.15) is 0 Å². The fourth-order valence-electron chi connectivity index (χ4n) is 1.56. The number of hydrogen-bond donors (Lipinski definition) is 1. The van der Waals surface area contributed by atoms with E-state index in [0.29, 0.717) is 5.37 Å². The van der Waals surface area contributed by atoms with Gasteiger partial charge >= 0.3 is 0 Å². The molecule has 2 rings (SSSR count). The summed E-state index contributed by atoms with van der Waals surface area (Å²) in [5, 5.41) is 4.04. The van der Waals surface area contributed by atoms with Crippen molar-refractivity contribution in [2.75, 3.05) is 18.6 Å². The molecule has 0 bridgehead atoms. The molecule has 1 aliphatic heterocycles. The van der Waals surface area contributed by atoms with E-state index in [4.69, 9.17) is 0 Å². The van der Waals surface area contributed by atoms with Crippen molar-refractivity contribution in [2.24, 2.45) is 0 Å². The fourth-order valence-corrected chi connectivity index (χ4v) is 3.10. The molecule has 1 nitrogen and oxygen atoms in total. The van der Waals surface area contributed by atoms with Gasteiger partial charge in [0.05, 0.1) is 5.37 Å². The molecule has 1 heterocycles. The second-order valence-corrected chi connectivity index (χ2v) is 5.42. The van der Waals surface area contributed by atoms with E-state index in [1.807, 2.05) is 11.8 Å². The minimum Gasteiger partial charge on any atom is -0.302 e. The van der Waals surface area contributed by atoms with Gasteiger partial charge in [-0.15, -0.1) is 23.5 Å². The molecule has 1 unspecified atom stereocenters. The van der Waals surface area contributed by atoms with Crippen molar-refractivity contribution in [3.05, 3.63) is 29.8 Å². The van der Waals surface area contributed by atoms with Gasteiger partial charge < -0.3 is 5.32 Å². The van der Waals surface area contributed by atoms with Crippen molar-refractivity contribution in [3.63, 3.8) is 0 Å². The van der Waals surface area contributed by atoms with Crippen LogP contribution in [0.15, 0.2) is 29.2 Å². The highest BCUT2D eigenvalue weighted by Crippen LogP contribution is 2.30. The maximum atomic E-state index is 3.53. The van der Waals surface area contributed by atoms with Crippen LogP contribution in [0.1, 0.15) is 17.4 Å². The highest BCUT2D eigenvalue weighted by Gasteiger charge is 2.14. The zero-order valence-electron chi connectivity index (χ0n) is 8.32. The third-order valence-electron chi connectivity index (χ3n) is 2.35. The lowest BCUT2D eigenvalue weighted by Crippen LogP contribution is -2.25. The lowest BCUT2D eigenvalue weighted by molar-refractivity contribution is 0.643. The molecule has 0 spiro atoms. The van der Waals surface area contributed by atoms with Crippen molar-refractivity contribution in [1.82, 2.24) is 5.32 Å². The standard InChI is InChI=1S/C11H15NS2/c1-13-10-5-3-9(4-6-10)11-12-7-2-8-14-11/h3-6,11-12H,2,7-8H2,1H3. The quantitative estimate of drug-likeness (QED) is 0.777. The maximum absolute atomic E-state index is 3.53. The Bertz CT molecular complexity index is 278. The first-order valence-electron chi connectivity index (χ1n) is 4.89. The van der Waals surface area contributed by atoms with Gasteiger partial charge in [-0.05, 0) is 42.7 Å². The minimum atomic E-state index is 0.514. The van der Waals surface area contributed by atoms with Crippen molar-refractivity contribution < 1.29 is 0 Å². The summed E-state index contributed by atoms with van der Waals surface area (Å²) in [6.45, 7) is 1.15. The molecule has 0 saturated carbocycles. The van der Waals surface area contributed by atoms with E-state index in [1.165, 1.54) is 22.6 Å². The zero-order valence-corrected chi connectivity index (χ0v) is 9.96. The molecule has 14 heavy (non-hydrogen) atoms. The monoisotopic (exact) mass is 225 g/mol. The highest BCUT2D eigenvalue weighted by molar-refractivity contribution is 7.99. The van der Waals surface area contributed by atoms with E-state index in [1.54, 1.807) is 11.8 Å². The first kappa shape index (κ1) is 10.4. The van der Waals surface area contributed by atoms with Crippen LogP contribution in [0.3, 0.4) is 0 Å². The van der Waals surface area contributed by atoms with E-state index >= 15 is 0 Å². The van der Waals surface area contributed by atoms with Crippen LogP contribution < -0.4 is 5.32 Å². The SMILES string of the molecule is CSc1ccc(C2NCCCS2)cc1. The van der Waals surface area contributed by atoms with E-state index in [9.17, 15) is 0 Å². The number of benzene rings is 1. The van der Waals surface area contributed by atoms with Crippen LogP contribution in [-0.4, -0.2) is 18.6 Å². The molecule has 1 N–H and O–H groups in total. The fraction of sp³-hybridized carbons (Fsp3) is 0.455. The summed E-state index contributed by atoms with van der Waals surface area (Å²) < 4.78 is 0. The van der Waals surface area contributed by atoms with Gasteiger partial charge in [0, 0.05) is 4.90 Å². The molecular weight excluding hydrogens is 210 g/mol. The normalized spacial score (nSPS) is 22.2. The Morgan fingerprint density at radius 2 is 2.14 bits per heavy atom. The smallest absolute Gasteiger partial charge is 0.0789 e. The second-order valence-electron chi connectivity index (χ2n) is 3.33. The average molecular weight is 225 g/mol. The Morgan fingerprint density at radius 3 is 2.71 bits per heavy atom. The Morgan fingerprint density at radius 1 is 1.36 bits per heavy atom. The van der Waals surface area contributed by atoms with Gasteiger partial charge in [0.15, 0.2) is 0 Å². The van der Waals surface area contributed by atoms with Crippen molar-refractivity contribution in [3.8, 4) is 0 Å². The van der Waals surface area contributed by atoms with E-state index in [0.717, 1.165) is 6.54 Å². The predicted molar refractivity (Wildman–Crippen MR) is 66.0 cm³/mol. The van der Waals surface area contributed by atoms with Gasteiger partial charge in [0.2, 0.25) is 0 Å². The number of thioether (sulfide) groups is 2. The Balaban J connectivity index is 2.07. The Kier molecular flexibility index (Phi) is 3.79. The molecular formula is C11H15NS2. The molecule has 1 fully saturated rings. The van der Waals surface area contributed by atoms with Crippen LogP contribution in [0.5, 0.6) is 0 Å². The second kappa shape index (κ2) is 5.10. The first-order valence-corrected chi connectivity index (χ1v) is 7.16. The Labute approximate surface area is 94.0 Å². The molecule has 1 saturated heterocycles. The molecule has 3 heteroatoms. The van der Waals surface area contributed by atoms with Gasteiger partial charge in [-0.3, -0.25) is 0 Å². The molecule has 1 aromatic rings. The van der Waals surface area contributed by atoms with E-state index in [-0.39, 0.29) is 0 Å². The molecule has 0 aromatic heterocycles. The highest BCUT2D eigenvalue weighted by atomic mass is 32.2. The molecule has 0 aliphatic carbocycles. The third-order valence-corrected chi connectivity index (χ3v) is 4.39. The number of rotatable bonds is 2. The van der Waals surface area contributed by atoms with Gasteiger partial charge in [0.25, 0.3) is 0 Å². The van der Waals surface area contributed by atoms with Crippen molar-refractivity contribution >= 4 is 23.5 Å². The maximum Gasteiger partial charge on any atom is 0.0789 e. The van der Waals surface area contributed by atoms with Crippen LogP contribution in [0.4, 0.5) is 0 Å². The van der Waals surface area contributed by atoms with Crippen LogP contribution in [0.2, 0.25) is 0 Å². The molecule has 0 amide bonds. The summed E-state index contributed by atoms with van der Waals surface area (Å²) in [6.07, 6.45) is 3.41. The summed E-state index contributed by atoms with van der Waals surface area (Å²) in [4.78, 5) is 1.34. The summed E-state index contributed by atoms with van der Waals surface area (Å²) in [5.41, 5.74) is 1.41. The van der Waals surface area contributed by atoms with Crippen LogP contribution >= 0.6 is 23.5 Å². The van der Waals surface area contributed by atoms with Gasteiger partial charge in [-0.1, -0.05) is 12.1 Å². The lowest BCUT2D eigenvalue weighted by atomic mass is 10.2. The first-order chi connectivity index (χ1) is 6.90. The molecule has 1 aromatic carbocycles. The Hall–Kier alpha value is -0.120. The molecule has 1 aliphatic rings. The summed E-state index contributed by atoms with van der Waals surface area (Å²) in [5.74, 6) is 1.28. The summed E-state index contributed by atoms with van der Waals surface area (Å²) >= 11 is 3.81. The molecule has 1 atom stereocenters. The molecule has 76 valence electrons. The van der Waals surface area contributed by atoms with Crippen LogP contribution in [0, 0.1) is 0 Å². The van der Waals surface area contributed by atoms with E-state index in [2.05, 4.69) is 35.8 Å². The molecule has 0 radical (unpaired) electrons. The number of hydrogen-bond acceptors (Lipinski definition) is 3. The number of nitrogens with one attached hydrogen (secondary N) is 1. The van der Waals surface area contributed by atoms with Crippen molar-refractivity contribution in [1.29, 1.82) is 0 Å². The summed E-state index contributed by atoms with van der Waals surface area (Å²) in [6, 6.07) is 8.89. The van der Waals surface area contributed by atoms with Crippen molar-refractivity contribution in [2.45, 2.75) is 16.7 Å².